The van der Waals surface area contributed by atoms with Gasteiger partial charge in [0.2, 0.25) is 0 Å². The Kier molecular flexibility index (Phi) is 4.46. The molecule has 0 amide bonds. The lowest BCUT2D eigenvalue weighted by molar-refractivity contribution is -0.150. The van der Waals surface area contributed by atoms with Gasteiger partial charge < -0.3 is 9.47 Å². The standard InChI is InChI=1S/C16H18O3/c1-3-4-11-18-15-9-7-13(8-10-15)12(2)19-16(17)14-5-6-14/h7-10,12,14H,5-6,11H2,1-2H3/t12-/m0/s1. The molecular formula is C16H18O3. The van der Waals surface area contributed by atoms with E-state index in [-0.39, 0.29) is 18.0 Å². The summed E-state index contributed by atoms with van der Waals surface area (Å²) in [7, 11) is 0. The summed E-state index contributed by atoms with van der Waals surface area (Å²) in [5.41, 5.74) is 0.975. The van der Waals surface area contributed by atoms with Gasteiger partial charge >= 0.3 is 5.97 Å². The number of benzene rings is 1. The van der Waals surface area contributed by atoms with Crippen LogP contribution in [0.15, 0.2) is 24.3 Å². The van der Waals surface area contributed by atoms with Crippen LogP contribution < -0.4 is 4.74 Å². The maximum absolute atomic E-state index is 11.6. The van der Waals surface area contributed by atoms with Gasteiger partial charge in [-0.3, -0.25) is 4.79 Å². The molecule has 19 heavy (non-hydrogen) atoms. The van der Waals surface area contributed by atoms with Crippen LogP contribution in [0.1, 0.15) is 38.4 Å². The average Bonchev–Trinajstić information content (AvgIpc) is 3.24. The third-order valence-electron chi connectivity index (χ3n) is 3.04. The quantitative estimate of drug-likeness (QED) is 0.601. The van der Waals surface area contributed by atoms with E-state index in [9.17, 15) is 4.79 Å². The second-order valence-corrected chi connectivity index (χ2v) is 4.64. The highest BCUT2D eigenvalue weighted by molar-refractivity contribution is 5.75. The number of hydrogen-bond acceptors (Lipinski definition) is 3. The summed E-state index contributed by atoms with van der Waals surface area (Å²) in [6.45, 7) is 4.06. The lowest BCUT2D eigenvalue weighted by Crippen LogP contribution is -2.10. The number of carbonyl (C=O) groups excluding carboxylic acids is 1. The molecular weight excluding hydrogens is 240 g/mol. The molecule has 0 unspecified atom stereocenters. The normalized spacial score (nSPS) is 15.1. The van der Waals surface area contributed by atoms with E-state index in [2.05, 4.69) is 11.8 Å². The predicted octanol–water partition coefficient (Wildman–Crippen LogP) is 3.10. The molecule has 1 aliphatic rings. The molecule has 1 fully saturated rings. The van der Waals surface area contributed by atoms with Crippen molar-refractivity contribution in [2.24, 2.45) is 5.92 Å². The summed E-state index contributed by atoms with van der Waals surface area (Å²) in [4.78, 5) is 11.6. The third-order valence-corrected chi connectivity index (χ3v) is 3.04. The third kappa shape index (κ3) is 4.03. The fourth-order valence-electron chi connectivity index (χ4n) is 1.68. The Hall–Kier alpha value is -1.95. The minimum atomic E-state index is -0.211. The van der Waals surface area contributed by atoms with Gasteiger partial charge in [0.25, 0.3) is 0 Å². The van der Waals surface area contributed by atoms with Gasteiger partial charge in [-0.1, -0.05) is 18.1 Å². The highest BCUT2D eigenvalue weighted by atomic mass is 16.5. The van der Waals surface area contributed by atoms with Crippen molar-refractivity contribution in [2.45, 2.75) is 32.8 Å². The first-order valence-electron chi connectivity index (χ1n) is 6.53. The van der Waals surface area contributed by atoms with E-state index in [1.54, 1.807) is 6.92 Å². The van der Waals surface area contributed by atoms with Gasteiger partial charge in [0.15, 0.2) is 0 Å². The Morgan fingerprint density at radius 3 is 2.63 bits per heavy atom. The Morgan fingerprint density at radius 2 is 2.05 bits per heavy atom. The van der Waals surface area contributed by atoms with E-state index in [1.807, 2.05) is 31.2 Å². The molecule has 1 aliphatic carbocycles. The van der Waals surface area contributed by atoms with E-state index in [4.69, 9.17) is 9.47 Å². The molecule has 0 aliphatic heterocycles. The SMILES string of the molecule is CC#CCOc1ccc([C@H](C)OC(=O)C2CC2)cc1. The fraction of sp³-hybridized carbons (Fsp3) is 0.438. The first-order valence-corrected chi connectivity index (χ1v) is 6.53. The lowest BCUT2D eigenvalue weighted by atomic mass is 10.1. The van der Waals surface area contributed by atoms with Crippen molar-refractivity contribution in [3.63, 3.8) is 0 Å². The Balaban J connectivity index is 1.88. The first-order chi connectivity index (χ1) is 9.20. The number of esters is 1. The van der Waals surface area contributed by atoms with Crippen molar-refractivity contribution in [3.05, 3.63) is 29.8 Å². The second kappa shape index (κ2) is 6.29. The molecule has 3 heteroatoms. The minimum absolute atomic E-state index is 0.0777. The zero-order valence-electron chi connectivity index (χ0n) is 11.3. The Bertz CT molecular complexity index is 489. The van der Waals surface area contributed by atoms with Crippen molar-refractivity contribution >= 4 is 5.97 Å². The van der Waals surface area contributed by atoms with Crippen molar-refractivity contribution < 1.29 is 14.3 Å². The largest absolute Gasteiger partial charge is 0.481 e. The van der Waals surface area contributed by atoms with Crippen LogP contribution in [0.4, 0.5) is 0 Å². The highest BCUT2D eigenvalue weighted by Crippen LogP contribution is 2.32. The van der Waals surface area contributed by atoms with E-state index >= 15 is 0 Å². The monoisotopic (exact) mass is 258 g/mol. The van der Waals surface area contributed by atoms with Crippen molar-refractivity contribution in [2.75, 3.05) is 6.61 Å². The van der Waals surface area contributed by atoms with Crippen LogP contribution in [-0.2, 0) is 9.53 Å². The van der Waals surface area contributed by atoms with E-state index in [1.165, 1.54) is 0 Å². The number of carbonyl (C=O) groups is 1. The van der Waals surface area contributed by atoms with Gasteiger partial charge in [-0.15, -0.1) is 5.92 Å². The summed E-state index contributed by atoms with van der Waals surface area (Å²) in [5.74, 6) is 6.44. The zero-order chi connectivity index (χ0) is 13.7. The van der Waals surface area contributed by atoms with Crippen LogP contribution >= 0.6 is 0 Å². The molecule has 0 spiro atoms. The van der Waals surface area contributed by atoms with Gasteiger partial charge in [0, 0.05) is 0 Å². The molecule has 1 atom stereocenters. The van der Waals surface area contributed by atoms with Gasteiger partial charge in [-0.25, -0.2) is 0 Å². The van der Waals surface area contributed by atoms with Crippen molar-refractivity contribution in [1.29, 1.82) is 0 Å². The summed E-state index contributed by atoms with van der Waals surface area (Å²) >= 11 is 0. The van der Waals surface area contributed by atoms with Crippen LogP contribution in [0.3, 0.4) is 0 Å². The molecule has 0 heterocycles. The lowest BCUT2D eigenvalue weighted by Gasteiger charge is -2.13. The molecule has 0 radical (unpaired) electrons. The first kappa shape index (κ1) is 13.5. The van der Waals surface area contributed by atoms with Gasteiger partial charge in [0.1, 0.15) is 18.5 Å². The van der Waals surface area contributed by atoms with E-state index in [0.29, 0.717) is 6.61 Å². The van der Waals surface area contributed by atoms with Crippen LogP contribution in [0.2, 0.25) is 0 Å². The fourth-order valence-corrected chi connectivity index (χ4v) is 1.68. The molecule has 0 aromatic heterocycles. The van der Waals surface area contributed by atoms with Gasteiger partial charge in [-0.2, -0.15) is 0 Å². The van der Waals surface area contributed by atoms with Crippen LogP contribution in [0.5, 0.6) is 5.75 Å². The van der Waals surface area contributed by atoms with Crippen molar-refractivity contribution in [1.82, 2.24) is 0 Å². The van der Waals surface area contributed by atoms with Crippen LogP contribution in [-0.4, -0.2) is 12.6 Å². The summed E-state index contributed by atoms with van der Waals surface area (Å²) < 4.78 is 10.8. The number of ether oxygens (including phenoxy) is 2. The summed E-state index contributed by atoms with van der Waals surface area (Å²) in [6.07, 6.45) is 1.73. The van der Waals surface area contributed by atoms with E-state index < -0.39 is 0 Å². The molecule has 1 saturated carbocycles. The van der Waals surface area contributed by atoms with E-state index in [0.717, 1.165) is 24.2 Å². The molecule has 1 aromatic carbocycles. The summed E-state index contributed by atoms with van der Waals surface area (Å²) in [5, 5.41) is 0. The van der Waals surface area contributed by atoms with Crippen molar-refractivity contribution in [3.8, 4) is 17.6 Å². The highest BCUT2D eigenvalue weighted by Gasteiger charge is 2.32. The predicted molar refractivity (Wildman–Crippen MR) is 72.6 cm³/mol. The number of rotatable bonds is 5. The molecule has 1 aromatic rings. The van der Waals surface area contributed by atoms with Gasteiger partial charge in [0.05, 0.1) is 5.92 Å². The molecule has 2 rings (SSSR count). The van der Waals surface area contributed by atoms with Crippen LogP contribution in [0.25, 0.3) is 0 Å². The second-order valence-electron chi connectivity index (χ2n) is 4.64. The zero-order valence-corrected chi connectivity index (χ0v) is 11.3. The molecule has 100 valence electrons. The minimum Gasteiger partial charge on any atom is -0.481 e. The topological polar surface area (TPSA) is 35.5 Å². The van der Waals surface area contributed by atoms with Gasteiger partial charge in [-0.05, 0) is 44.4 Å². The molecule has 0 bridgehead atoms. The molecule has 0 saturated heterocycles. The Morgan fingerprint density at radius 1 is 1.37 bits per heavy atom. The average molecular weight is 258 g/mol. The maximum Gasteiger partial charge on any atom is 0.309 e. The Labute approximate surface area is 113 Å². The molecule has 3 nitrogen and oxygen atoms in total. The maximum atomic E-state index is 11.6. The number of hydrogen-bond donors (Lipinski definition) is 0. The smallest absolute Gasteiger partial charge is 0.309 e. The van der Waals surface area contributed by atoms with Crippen LogP contribution in [0, 0.1) is 17.8 Å². The molecule has 0 N–H and O–H groups in total. The summed E-state index contributed by atoms with van der Waals surface area (Å²) in [6, 6.07) is 7.57.